The van der Waals surface area contributed by atoms with E-state index in [9.17, 15) is 32.8 Å². The fourth-order valence-corrected chi connectivity index (χ4v) is 9.81. The molecule has 346 valence electrons. The first kappa shape index (κ1) is 45.4. The van der Waals surface area contributed by atoms with E-state index in [-0.39, 0.29) is 47.6 Å². The van der Waals surface area contributed by atoms with Gasteiger partial charge in [0.2, 0.25) is 29.5 Å². The number of hydrogen-bond acceptors (Lipinski definition) is 9. The van der Waals surface area contributed by atoms with E-state index < -0.39 is 12.5 Å². The number of aryl methyl sites for hydroxylation is 2. The molecule has 6 heterocycles. The van der Waals surface area contributed by atoms with Crippen LogP contribution in [0.4, 0.5) is 31.7 Å². The van der Waals surface area contributed by atoms with Crippen LogP contribution in [0.1, 0.15) is 125 Å². The van der Waals surface area contributed by atoms with Crippen LogP contribution >= 0.6 is 0 Å². The van der Waals surface area contributed by atoms with Gasteiger partial charge in [0, 0.05) is 111 Å². The molecule has 15 nitrogen and oxygen atoms in total. The number of hydrogen-bond donors (Lipinski definition) is 3. The number of nitrogens with one attached hydrogen (secondary N) is 3. The number of amides is 5. The Morgan fingerprint density at radius 2 is 1.63 bits per heavy atom. The zero-order valence-electron chi connectivity index (χ0n) is 37.4. The summed E-state index contributed by atoms with van der Waals surface area (Å²) in [5.41, 5.74) is 6.22. The van der Waals surface area contributed by atoms with Crippen LogP contribution in [0.2, 0.25) is 0 Å². The number of unbranched alkanes of at least 4 members (excludes halogenated alkanes) is 5. The lowest BCUT2D eigenvalue weighted by Crippen LogP contribution is -2.47. The molecule has 0 saturated carbocycles. The number of anilines is 4. The van der Waals surface area contributed by atoms with Crippen molar-refractivity contribution in [3.05, 3.63) is 71.2 Å². The first-order valence-electron chi connectivity index (χ1n) is 23.3. The van der Waals surface area contributed by atoms with Gasteiger partial charge in [0.05, 0.1) is 18.8 Å². The van der Waals surface area contributed by atoms with Crippen molar-refractivity contribution in [3.8, 4) is 11.1 Å². The van der Waals surface area contributed by atoms with Crippen molar-refractivity contribution in [3.63, 3.8) is 0 Å². The number of likely N-dealkylation sites (tertiary alicyclic amines) is 1. The SMILES string of the molecule is CC(=O)N1CCc2c(c(N3CCCc4cc(-c5cnn(C)c5)c(C(F)F)cc43)nn2C2CCN(C(=O)CCCCCCCCC(=O)Nc3cccc(NC4CCC(=O)NC4=O)c3)CC2)C1. The monoisotopic (exact) mass is 894 g/mol. The number of carbonyl (C=O) groups is 5. The van der Waals surface area contributed by atoms with E-state index in [0.717, 1.165) is 92.5 Å². The zero-order chi connectivity index (χ0) is 45.6. The van der Waals surface area contributed by atoms with Crippen molar-refractivity contribution in [2.24, 2.45) is 7.05 Å². The fourth-order valence-electron chi connectivity index (χ4n) is 9.81. The van der Waals surface area contributed by atoms with E-state index in [4.69, 9.17) is 5.10 Å². The molecule has 0 radical (unpaired) electrons. The highest BCUT2D eigenvalue weighted by Gasteiger charge is 2.35. The van der Waals surface area contributed by atoms with Crippen molar-refractivity contribution in [1.82, 2.24) is 34.7 Å². The van der Waals surface area contributed by atoms with E-state index in [1.165, 1.54) is 0 Å². The molecule has 0 aliphatic carbocycles. The van der Waals surface area contributed by atoms with Crippen molar-refractivity contribution in [2.75, 3.05) is 41.7 Å². The number of carbonyl (C=O) groups excluding carboxylic acids is 5. The summed E-state index contributed by atoms with van der Waals surface area (Å²) >= 11 is 0. The Morgan fingerprint density at radius 3 is 2.35 bits per heavy atom. The third-order valence-electron chi connectivity index (χ3n) is 13.3. The molecule has 2 fully saturated rings. The summed E-state index contributed by atoms with van der Waals surface area (Å²) in [5, 5.41) is 17.9. The minimum Gasteiger partial charge on any atom is -0.374 e. The summed E-state index contributed by atoms with van der Waals surface area (Å²) < 4.78 is 33.1. The third-order valence-corrected chi connectivity index (χ3v) is 13.3. The molecule has 8 rings (SSSR count). The van der Waals surface area contributed by atoms with Gasteiger partial charge in [-0.05, 0) is 86.4 Å². The van der Waals surface area contributed by atoms with Crippen LogP contribution in [0, 0.1) is 0 Å². The minimum atomic E-state index is -2.68. The second kappa shape index (κ2) is 20.4. The van der Waals surface area contributed by atoms with Crippen molar-refractivity contribution in [1.29, 1.82) is 0 Å². The first-order valence-corrected chi connectivity index (χ1v) is 23.3. The third kappa shape index (κ3) is 10.7. The lowest BCUT2D eigenvalue weighted by Gasteiger charge is -2.34. The Kier molecular flexibility index (Phi) is 14.2. The highest BCUT2D eigenvalue weighted by Crippen LogP contribution is 2.44. The molecule has 4 aliphatic rings. The highest BCUT2D eigenvalue weighted by molar-refractivity contribution is 6.01. The molecule has 5 amide bonds. The number of benzene rings is 2. The highest BCUT2D eigenvalue weighted by atomic mass is 19.3. The lowest BCUT2D eigenvalue weighted by molar-refractivity contribution is -0.134. The second-order valence-electron chi connectivity index (χ2n) is 17.9. The molecule has 0 bridgehead atoms. The normalized spacial score (nSPS) is 17.8. The number of aromatic nitrogens is 4. The maximum Gasteiger partial charge on any atom is 0.264 e. The molecule has 2 aromatic heterocycles. The van der Waals surface area contributed by atoms with Gasteiger partial charge in [-0.1, -0.05) is 31.7 Å². The Morgan fingerprint density at radius 1 is 0.877 bits per heavy atom. The predicted molar refractivity (Wildman–Crippen MR) is 243 cm³/mol. The molecule has 17 heteroatoms. The van der Waals surface area contributed by atoms with Crippen LogP contribution in [-0.4, -0.2) is 91.1 Å². The molecule has 2 aromatic carbocycles. The number of halogens is 2. The summed E-state index contributed by atoms with van der Waals surface area (Å²) in [6, 6.07) is 10.3. The zero-order valence-corrected chi connectivity index (χ0v) is 37.4. The predicted octanol–water partition coefficient (Wildman–Crippen LogP) is 7.35. The largest absolute Gasteiger partial charge is 0.374 e. The van der Waals surface area contributed by atoms with Crippen LogP contribution in [0.3, 0.4) is 0 Å². The van der Waals surface area contributed by atoms with E-state index in [0.29, 0.717) is 80.9 Å². The summed E-state index contributed by atoms with van der Waals surface area (Å²) in [5.74, 6) is 0.205. The number of piperidine rings is 2. The van der Waals surface area contributed by atoms with Gasteiger partial charge in [0.1, 0.15) is 6.04 Å². The van der Waals surface area contributed by atoms with Gasteiger partial charge in [-0.25, -0.2) is 8.78 Å². The van der Waals surface area contributed by atoms with Gasteiger partial charge < -0.3 is 25.3 Å². The van der Waals surface area contributed by atoms with E-state index >= 15 is 0 Å². The second-order valence-corrected chi connectivity index (χ2v) is 17.9. The first-order chi connectivity index (χ1) is 31.4. The van der Waals surface area contributed by atoms with E-state index in [1.807, 2.05) is 21.9 Å². The fraction of sp³-hybridized carbons (Fsp3) is 0.521. The molecule has 4 aliphatic heterocycles. The van der Waals surface area contributed by atoms with Crippen LogP contribution in [0.25, 0.3) is 11.1 Å². The molecule has 4 aromatic rings. The molecular weight excluding hydrogens is 835 g/mol. The number of nitrogens with zero attached hydrogens (tertiary/aromatic N) is 7. The van der Waals surface area contributed by atoms with Gasteiger partial charge in [-0.3, -0.25) is 38.7 Å². The van der Waals surface area contributed by atoms with E-state index in [1.54, 1.807) is 55.3 Å². The Bertz CT molecular complexity index is 2410. The number of imide groups is 1. The molecule has 3 N–H and O–H groups in total. The van der Waals surface area contributed by atoms with Gasteiger partial charge in [0.25, 0.3) is 6.43 Å². The molecule has 0 spiro atoms. The summed E-state index contributed by atoms with van der Waals surface area (Å²) in [7, 11) is 1.77. The molecular formula is C48H60F2N10O5. The Balaban J connectivity index is 0.799. The number of fused-ring (bicyclic) bond motifs is 2. The van der Waals surface area contributed by atoms with Crippen molar-refractivity contribution < 1.29 is 32.8 Å². The maximum atomic E-state index is 14.7. The summed E-state index contributed by atoms with van der Waals surface area (Å²) in [6.07, 6.45) is 11.5. The van der Waals surface area contributed by atoms with Crippen molar-refractivity contribution in [2.45, 2.75) is 128 Å². The Labute approximate surface area is 378 Å². The van der Waals surface area contributed by atoms with Gasteiger partial charge in [0.15, 0.2) is 5.82 Å². The molecule has 1 atom stereocenters. The topological polar surface area (TPSA) is 167 Å². The van der Waals surface area contributed by atoms with E-state index in [2.05, 4.69) is 30.6 Å². The molecule has 1 unspecified atom stereocenters. The quantitative estimate of drug-likeness (QED) is 0.0770. The minimum absolute atomic E-state index is 0.00909. The standard InChI is InChI=1S/C48H60F2N10O5/c1-31(61)58-24-20-41-39(30-58)47(59-21-10-11-32-25-37(33-28-51-56(2)29-33)38(46(49)50)27-42(32)59)55-60(41)36-18-22-57(23-19-36)45(64)15-8-6-4-3-5-7-14-43(62)53-35-13-9-12-34(26-35)52-40-16-17-44(63)54-48(40)65/h9,12-13,25-29,36,40,46,52H,3-8,10-11,14-24,30H2,1-2H3,(H,53,62)(H,54,63,65). The van der Waals surface area contributed by atoms with Gasteiger partial charge in [-0.2, -0.15) is 10.2 Å². The Hall–Kier alpha value is -6.13. The van der Waals surface area contributed by atoms with Crippen LogP contribution in [0.15, 0.2) is 48.8 Å². The van der Waals surface area contributed by atoms with Gasteiger partial charge in [-0.15, -0.1) is 0 Å². The maximum absolute atomic E-state index is 14.7. The summed E-state index contributed by atoms with van der Waals surface area (Å²) in [6.45, 7) is 4.48. The molecule has 65 heavy (non-hydrogen) atoms. The van der Waals surface area contributed by atoms with Gasteiger partial charge >= 0.3 is 0 Å². The van der Waals surface area contributed by atoms with Crippen LogP contribution < -0.4 is 20.9 Å². The summed E-state index contributed by atoms with van der Waals surface area (Å²) in [4.78, 5) is 68.0. The van der Waals surface area contributed by atoms with Crippen LogP contribution in [0.5, 0.6) is 0 Å². The lowest BCUT2D eigenvalue weighted by atomic mass is 9.92. The number of rotatable bonds is 16. The smallest absolute Gasteiger partial charge is 0.264 e. The number of alkyl halides is 2. The van der Waals surface area contributed by atoms with Crippen molar-refractivity contribution >= 4 is 52.4 Å². The van der Waals surface area contributed by atoms with Crippen LogP contribution in [-0.2, 0) is 50.4 Å². The molecule has 2 saturated heterocycles. The average molecular weight is 895 g/mol. The average Bonchev–Trinajstić information content (AvgIpc) is 3.91.